The molecule has 2 aromatic rings. The van der Waals surface area contributed by atoms with Gasteiger partial charge in [-0.25, -0.2) is 0 Å². The minimum Gasteiger partial charge on any atom is -0.346 e. The van der Waals surface area contributed by atoms with Crippen molar-refractivity contribution >= 4 is 5.91 Å². The molecule has 0 saturated heterocycles. The van der Waals surface area contributed by atoms with Crippen molar-refractivity contribution in [2.24, 2.45) is 7.05 Å². The zero-order valence-electron chi connectivity index (χ0n) is 11.6. The molecular weight excluding hydrogens is 254 g/mol. The van der Waals surface area contributed by atoms with Crippen molar-refractivity contribution in [3.63, 3.8) is 0 Å². The third-order valence-corrected chi connectivity index (χ3v) is 3.15. The number of aromatic nitrogens is 2. The normalized spacial score (nSPS) is 10.3. The lowest BCUT2D eigenvalue weighted by atomic mass is 10.1. The topological polar surface area (TPSA) is 64.0 Å². The Labute approximate surface area is 117 Å². The van der Waals surface area contributed by atoms with Crippen LogP contribution >= 0.6 is 0 Å². The van der Waals surface area contributed by atoms with Gasteiger partial charge in [-0.15, -0.1) is 0 Å². The van der Waals surface area contributed by atoms with Crippen LogP contribution < -0.4 is 10.9 Å². The number of pyridine rings is 2. The van der Waals surface area contributed by atoms with Crippen LogP contribution in [-0.4, -0.2) is 15.5 Å². The van der Waals surface area contributed by atoms with Gasteiger partial charge in [0.25, 0.3) is 11.5 Å². The van der Waals surface area contributed by atoms with Crippen LogP contribution in [0.1, 0.15) is 28.5 Å². The zero-order valence-corrected chi connectivity index (χ0v) is 11.6. The van der Waals surface area contributed by atoms with E-state index in [4.69, 9.17) is 0 Å². The monoisotopic (exact) mass is 271 g/mol. The molecule has 5 nitrogen and oxygen atoms in total. The summed E-state index contributed by atoms with van der Waals surface area (Å²) in [6.07, 6.45) is 4.15. The summed E-state index contributed by atoms with van der Waals surface area (Å²) < 4.78 is 1.42. The molecule has 0 atom stereocenters. The fourth-order valence-corrected chi connectivity index (χ4v) is 1.91. The molecule has 0 aliphatic rings. The van der Waals surface area contributed by atoms with E-state index in [-0.39, 0.29) is 11.5 Å². The molecule has 0 radical (unpaired) electrons. The Morgan fingerprint density at radius 2 is 2.20 bits per heavy atom. The van der Waals surface area contributed by atoms with Gasteiger partial charge in [-0.05, 0) is 24.1 Å². The standard InChI is InChI=1S/C15H17N3O2/c1-3-11-5-4-7-16-13(11)10-17-15(20)12-6-8-18(2)14(19)9-12/h4-9H,3,10H2,1-2H3,(H,17,20). The van der Waals surface area contributed by atoms with Gasteiger partial charge in [-0.2, -0.15) is 0 Å². The third kappa shape index (κ3) is 3.12. The molecule has 20 heavy (non-hydrogen) atoms. The summed E-state index contributed by atoms with van der Waals surface area (Å²) in [5.74, 6) is -0.268. The molecule has 0 aliphatic heterocycles. The summed E-state index contributed by atoms with van der Waals surface area (Å²) in [4.78, 5) is 27.7. The highest BCUT2D eigenvalue weighted by molar-refractivity contribution is 5.93. The Bertz CT molecular complexity index is 677. The van der Waals surface area contributed by atoms with Crippen molar-refractivity contribution in [1.82, 2.24) is 14.9 Å². The molecule has 2 aromatic heterocycles. The number of rotatable bonds is 4. The van der Waals surface area contributed by atoms with Gasteiger partial charge in [0.2, 0.25) is 0 Å². The molecule has 0 aromatic carbocycles. The van der Waals surface area contributed by atoms with Crippen LogP contribution in [0.15, 0.2) is 41.5 Å². The molecule has 5 heteroatoms. The fourth-order valence-electron chi connectivity index (χ4n) is 1.91. The van der Waals surface area contributed by atoms with Crippen LogP contribution in [0.4, 0.5) is 0 Å². The second-order valence-electron chi connectivity index (χ2n) is 4.51. The number of carbonyl (C=O) groups is 1. The van der Waals surface area contributed by atoms with E-state index < -0.39 is 0 Å². The van der Waals surface area contributed by atoms with Crippen molar-refractivity contribution < 1.29 is 4.79 Å². The first-order valence-corrected chi connectivity index (χ1v) is 6.49. The lowest BCUT2D eigenvalue weighted by molar-refractivity contribution is 0.0950. The highest BCUT2D eigenvalue weighted by Gasteiger charge is 2.08. The van der Waals surface area contributed by atoms with Crippen LogP contribution in [0.5, 0.6) is 0 Å². The van der Waals surface area contributed by atoms with E-state index >= 15 is 0 Å². The van der Waals surface area contributed by atoms with Gasteiger partial charge in [0.05, 0.1) is 12.2 Å². The number of hydrogen-bond acceptors (Lipinski definition) is 3. The van der Waals surface area contributed by atoms with Crippen LogP contribution in [0.25, 0.3) is 0 Å². The minimum atomic E-state index is -0.268. The van der Waals surface area contributed by atoms with E-state index in [9.17, 15) is 9.59 Å². The summed E-state index contributed by atoms with van der Waals surface area (Å²) in [7, 11) is 1.64. The number of amides is 1. The van der Waals surface area contributed by atoms with Gasteiger partial charge in [0, 0.05) is 31.1 Å². The van der Waals surface area contributed by atoms with Gasteiger partial charge in [-0.1, -0.05) is 13.0 Å². The largest absolute Gasteiger partial charge is 0.346 e. The number of carbonyl (C=O) groups excluding carboxylic acids is 1. The van der Waals surface area contributed by atoms with E-state index in [1.807, 2.05) is 19.1 Å². The van der Waals surface area contributed by atoms with Gasteiger partial charge < -0.3 is 9.88 Å². The van der Waals surface area contributed by atoms with E-state index in [2.05, 4.69) is 10.3 Å². The quantitative estimate of drug-likeness (QED) is 0.911. The lowest BCUT2D eigenvalue weighted by Crippen LogP contribution is -2.26. The Morgan fingerprint density at radius 3 is 2.90 bits per heavy atom. The summed E-state index contributed by atoms with van der Waals surface area (Å²) in [5, 5.41) is 2.79. The van der Waals surface area contributed by atoms with Gasteiger partial charge in [-0.3, -0.25) is 14.6 Å². The van der Waals surface area contributed by atoms with Crippen molar-refractivity contribution in [3.8, 4) is 0 Å². The fraction of sp³-hybridized carbons (Fsp3) is 0.267. The summed E-state index contributed by atoms with van der Waals surface area (Å²) in [6, 6.07) is 6.82. The Hall–Kier alpha value is -2.43. The van der Waals surface area contributed by atoms with Gasteiger partial charge in [0.15, 0.2) is 0 Å². The van der Waals surface area contributed by atoms with Gasteiger partial charge >= 0.3 is 0 Å². The molecule has 0 bridgehead atoms. The summed E-state index contributed by atoms with van der Waals surface area (Å²) >= 11 is 0. The Balaban J connectivity index is 2.08. The van der Waals surface area contributed by atoms with E-state index in [0.717, 1.165) is 17.7 Å². The molecule has 0 saturated carbocycles. The predicted molar refractivity (Wildman–Crippen MR) is 76.5 cm³/mol. The maximum atomic E-state index is 12.0. The number of hydrogen-bond donors (Lipinski definition) is 1. The van der Waals surface area contributed by atoms with Crippen LogP contribution in [0.2, 0.25) is 0 Å². The second kappa shape index (κ2) is 6.14. The molecule has 0 spiro atoms. The van der Waals surface area contributed by atoms with Crippen molar-refractivity contribution in [2.75, 3.05) is 0 Å². The van der Waals surface area contributed by atoms with Crippen molar-refractivity contribution in [1.29, 1.82) is 0 Å². The third-order valence-electron chi connectivity index (χ3n) is 3.15. The maximum absolute atomic E-state index is 12.0. The number of nitrogens with zero attached hydrogens (tertiary/aromatic N) is 2. The van der Waals surface area contributed by atoms with Crippen LogP contribution in [-0.2, 0) is 20.0 Å². The van der Waals surface area contributed by atoms with Crippen LogP contribution in [0.3, 0.4) is 0 Å². The predicted octanol–water partition coefficient (Wildman–Crippen LogP) is 1.27. The SMILES string of the molecule is CCc1cccnc1CNC(=O)c1ccn(C)c(=O)c1. The highest BCUT2D eigenvalue weighted by atomic mass is 16.2. The van der Waals surface area contributed by atoms with Crippen molar-refractivity contribution in [2.45, 2.75) is 19.9 Å². The maximum Gasteiger partial charge on any atom is 0.251 e. The Kier molecular flexibility index (Phi) is 4.30. The first kappa shape index (κ1) is 14.0. The highest BCUT2D eigenvalue weighted by Crippen LogP contribution is 2.06. The molecule has 1 N–H and O–H groups in total. The summed E-state index contributed by atoms with van der Waals surface area (Å²) in [5.41, 5.74) is 2.12. The molecule has 0 unspecified atom stereocenters. The average molecular weight is 271 g/mol. The molecular formula is C15H17N3O2. The minimum absolute atomic E-state index is 0.204. The molecule has 0 fully saturated rings. The first-order chi connectivity index (χ1) is 9.61. The van der Waals surface area contributed by atoms with E-state index in [1.165, 1.54) is 10.6 Å². The molecule has 1 amide bonds. The van der Waals surface area contributed by atoms with Crippen LogP contribution in [0, 0.1) is 0 Å². The molecule has 2 heterocycles. The van der Waals surface area contributed by atoms with Crippen molar-refractivity contribution in [3.05, 3.63) is 63.8 Å². The van der Waals surface area contributed by atoms with Gasteiger partial charge in [0.1, 0.15) is 0 Å². The first-order valence-electron chi connectivity index (χ1n) is 6.49. The molecule has 104 valence electrons. The zero-order chi connectivity index (χ0) is 14.5. The Morgan fingerprint density at radius 1 is 1.40 bits per heavy atom. The van der Waals surface area contributed by atoms with E-state index in [1.54, 1.807) is 25.5 Å². The van der Waals surface area contributed by atoms with E-state index in [0.29, 0.717) is 12.1 Å². The summed E-state index contributed by atoms with van der Waals surface area (Å²) in [6.45, 7) is 2.40. The molecule has 2 rings (SSSR count). The smallest absolute Gasteiger partial charge is 0.251 e. The second-order valence-corrected chi connectivity index (χ2v) is 4.51. The molecule has 0 aliphatic carbocycles. The lowest BCUT2D eigenvalue weighted by Gasteiger charge is -2.08. The number of nitrogens with one attached hydrogen (secondary N) is 1. The number of aryl methyl sites for hydroxylation is 2. The average Bonchev–Trinajstić information content (AvgIpc) is 2.47.